The third-order valence-corrected chi connectivity index (χ3v) is 2.42. The molecule has 1 aliphatic rings. The second-order valence-electron chi connectivity index (χ2n) is 3.88. The molecule has 3 nitrogen and oxygen atoms in total. The molecule has 0 atom stereocenters. The highest BCUT2D eigenvalue weighted by Crippen LogP contribution is 2.16. The standard InChI is InChI=1S/C9H18N2O/c1-4-11-8(12)5-6-10-7-9(11,2)3/h10H,4-7H2,1-3H3. The molecule has 0 spiro atoms. The quantitative estimate of drug-likeness (QED) is 0.625. The van der Waals surface area contributed by atoms with Crippen molar-refractivity contribution in [3.63, 3.8) is 0 Å². The van der Waals surface area contributed by atoms with Crippen LogP contribution in [0.1, 0.15) is 27.2 Å². The van der Waals surface area contributed by atoms with Crippen LogP contribution in [0.5, 0.6) is 0 Å². The first-order valence-corrected chi connectivity index (χ1v) is 4.59. The highest BCUT2D eigenvalue weighted by molar-refractivity contribution is 5.77. The van der Waals surface area contributed by atoms with Gasteiger partial charge in [0.25, 0.3) is 0 Å². The monoisotopic (exact) mass is 170 g/mol. The maximum atomic E-state index is 11.5. The van der Waals surface area contributed by atoms with E-state index in [1.807, 2.05) is 11.8 Å². The normalized spacial score (nSPS) is 23.9. The molecule has 0 saturated carbocycles. The Kier molecular flexibility index (Phi) is 2.73. The summed E-state index contributed by atoms with van der Waals surface area (Å²) in [4.78, 5) is 13.5. The van der Waals surface area contributed by atoms with Crippen LogP contribution in [0.2, 0.25) is 0 Å². The second-order valence-corrected chi connectivity index (χ2v) is 3.88. The zero-order valence-electron chi connectivity index (χ0n) is 8.18. The Balaban J connectivity index is 2.77. The molecule has 1 fully saturated rings. The smallest absolute Gasteiger partial charge is 0.224 e. The third kappa shape index (κ3) is 1.78. The minimum absolute atomic E-state index is 0.0255. The molecule has 1 aliphatic heterocycles. The van der Waals surface area contributed by atoms with Crippen LogP contribution in [-0.2, 0) is 4.79 Å². The van der Waals surface area contributed by atoms with E-state index in [9.17, 15) is 4.79 Å². The summed E-state index contributed by atoms with van der Waals surface area (Å²) in [6.45, 7) is 8.77. The molecular weight excluding hydrogens is 152 g/mol. The van der Waals surface area contributed by atoms with Crippen LogP contribution in [0.25, 0.3) is 0 Å². The molecule has 0 aromatic carbocycles. The molecule has 1 N–H and O–H groups in total. The van der Waals surface area contributed by atoms with E-state index in [1.165, 1.54) is 0 Å². The number of nitrogens with zero attached hydrogens (tertiary/aromatic N) is 1. The van der Waals surface area contributed by atoms with Gasteiger partial charge in [0.1, 0.15) is 0 Å². The molecule has 0 unspecified atom stereocenters. The van der Waals surface area contributed by atoms with Crippen molar-refractivity contribution in [2.45, 2.75) is 32.7 Å². The summed E-state index contributed by atoms with van der Waals surface area (Å²) < 4.78 is 0. The number of likely N-dealkylation sites (N-methyl/N-ethyl adjacent to an activating group) is 1. The van der Waals surface area contributed by atoms with E-state index >= 15 is 0 Å². The molecule has 0 aliphatic carbocycles. The lowest BCUT2D eigenvalue weighted by Crippen LogP contribution is -2.50. The largest absolute Gasteiger partial charge is 0.337 e. The van der Waals surface area contributed by atoms with E-state index in [4.69, 9.17) is 0 Å². The summed E-state index contributed by atoms with van der Waals surface area (Å²) in [7, 11) is 0. The number of nitrogens with one attached hydrogen (secondary N) is 1. The molecule has 1 heterocycles. The van der Waals surface area contributed by atoms with Crippen LogP contribution in [0.4, 0.5) is 0 Å². The van der Waals surface area contributed by atoms with Crippen molar-refractivity contribution in [2.75, 3.05) is 19.6 Å². The Morgan fingerprint density at radius 2 is 2.25 bits per heavy atom. The van der Waals surface area contributed by atoms with Crippen molar-refractivity contribution < 1.29 is 4.79 Å². The van der Waals surface area contributed by atoms with Gasteiger partial charge < -0.3 is 10.2 Å². The van der Waals surface area contributed by atoms with Crippen molar-refractivity contribution in [3.05, 3.63) is 0 Å². The van der Waals surface area contributed by atoms with Gasteiger partial charge in [0.05, 0.1) is 0 Å². The molecule has 0 bridgehead atoms. The molecule has 3 heteroatoms. The molecule has 0 radical (unpaired) electrons. The number of hydrogen-bond acceptors (Lipinski definition) is 2. The van der Waals surface area contributed by atoms with Gasteiger partial charge in [-0.05, 0) is 20.8 Å². The van der Waals surface area contributed by atoms with E-state index in [0.717, 1.165) is 19.6 Å². The molecule has 0 aromatic rings. The fourth-order valence-corrected chi connectivity index (χ4v) is 1.76. The van der Waals surface area contributed by atoms with Crippen LogP contribution in [0.3, 0.4) is 0 Å². The topological polar surface area (TPSA) is 32.3 Å². The molecule has 0 aromatic heterocycles. The fraction of sp³-hybridized carbons (Fsp3) is 0.889. The number of carbonyl (C=O) groups excluding carboxylic acids is 1. The van der Waals surface area contributed by atoms with Gasteiger partial charge in [-0.3, -0.25) is 4.79 Å². The van der Waals surface area contributed by atoms with E-state index < -0.39 is 0 Å². The lowest BCUT2D eigenvalue weighted by Gasteiger charge is -2.36. The molecule has 12 heavy (non-hydrogen) atoms. The molecule has 1 rings (SSSR count). The van der Waals surface area contributed by atoms with Gasteiger partial charge in [-0.1, -0.05) is 0 Å². The van der Waals surface area contributed by atoms with Crippen molar-refractivity contribution >= 4 is 5.91 Å². The van der Waals surface area contributed by atoms with Crippen LogP contribution in [0, 0.1) is 0 Å². The maximum absolute atomic E-state index is 11.5. The zero-order chi connectivity index (χ0) is 9.19. The van der Waals surface area contributed by atoms with Gasteiger partial charge in [-0.25, -0.2) is 0 Å². The van der Waals surface area contributed by atoms with E-state index in [0.29, 0.717) is 6.42 Å². The van der Waals surface area contributed by atoms with Gasteiger partial charge in [0, 0.05) is 31.6 Å². The highest BCUT2D eigenvalue weighted by Gasteiger charge is 2.30. The van der Waals surface area contributed by atoms with E-state index in [2.05, 4.69) is 19.2 Å². The SMILES string of the molecule is CCN1C(=O)CCNCC1(C)C. The van der Waals surface area contributed by atoms with Gasteiger partial charge >= 0.3 is 0 Å². The van der Waals surface area contributed by atoms with Crippen molar-refractivity contribution in [2.24, 2.45) is 0 Å². The third-order valence-electron chi connectivity index (χ3n) is 2.42. The van der Waals surface area contributed by atoms with Crippen molar-refractivity contribution in [1.82, 2.24) is 10.2 Å². The first kappa shape index (κ1) is 9.52. The predicted octanol–water partition coefficient (Wildman–Crippen LogP) is 0.607. The Morgan fingerprint density at radius 3 is 2.83 bits per heavy atom. The van der Waals surface area contributed by atoms with Crippen molar-refractivity contribution in [3.8, 4) is 0 Å². The Labute approximate surface area is 74.1 Å². The first-order valence-electron chi connectivity index (χ1n) is 4.59. The Morgan fingerprint density at radius 1 is 1.58 bits per heavy atom. The first-order chi connectivity index (χ1) is 5.58. The van der Waals surface area contributed by atoms with Crippen LogP contribution in [0.15, 0.2) is 0 Å². The van der Waals surface area contributed by atoms with Gasteiger partial charge in [0.2, 0.25) is 5.91 Å². The molecule has 1 amide bonds. The Bertz CT molecular complexity index is 177. The van der Waals surface area contributed by atoms with Crippen molar-refractivity contribution in [1.29, 1.82) is 0 Å². The van der Waals surface area contributed by atoms with Crippen LogP contribution in [-0.4, -0.2) is 36.0 Å². The minimum atomic E-state index is -0.0255. The summed E-state index contributed by atoms with van der Waals surface area (Å²) in [5.41, 5.74) is -0.0255. The summed E-state index contributed by atoms with van der Waals surface area (Å²) in [6, 6.07) is 0. The molecule has 70 valence electrons. The maximum Gasteiger partial charge on any atom is 0.224 e. The fourth-order valence-electron chi connectivity index (χ4n) is 1.76. The highest BCUT2D eigenvalue weighted by atomic mass is 16.2. The summed E-state index contributed by atoms with van der Waals surface area (Å²) >= 11 is 0. The van der Waals surface area contributed by atoms with Crippen LogP contribution >= 0.6 is 0 Å². The van der Waals surface area contributed by atoms with Gasteiger partial charge in [-0.15, -0.1) is 0 Å². The van der Waals surface area contributed by atoms with E-state index in [-0.39, 0.29) is 11.4 Å². The molecular formula is C9H18N2O. The second kappa shape index (κ2) is 3.44. The number of amides is 1. The summed E-state index contributed by atoms with van der Waals surface area (Å²) in [6.07, 6.45) is 0.636. The number of rotatable bonds is 1. The van der Waals surface area contributed by atoms with Gasteiger partial charge in [0.15, 0.2) is 0 Å². The summed E-state index contributed by atoms with van der Waals surface area (Å²) in [5, 5.41) is 3.27. The number of carbonyl (C=O) groups is 1. The average molecular weight is 170 g/mol. The predicted molar refractivity (Wildman–Crippen MR) is 49.0 cm³/mol. The Hall–Kier alpha value is -0.570. The minimum Gasteiger partial charge on any atom is -0.337 e. The van der Waals surface area contributed by atoms with Gasteiger partial charge in [-0.2, -0.15) is 0 Å². The number of hydrogen-bond donors (Lipinski definition) is 1. The van der Waals surface area contributed by atoms with Crippen LogP contribution < -0.4 is 5.32 Å². The van der Waals surface area contributed by atoms with E-state index in [1.54, 1.807) is 0 Å². The lowest BCUT2D eigenvalue weighted by molar-refractivity contribution is -0.134. The summed E-state index contributed by atoms with van der Waals surface area (Å²) in [5.74, 6) is 0.271. The zero-order valence-corrected chi connectivity index (χ0v) is 8.18. The lowest BCUT2D eigenvalue weighted by atomic mass is 10.0. The average Bonchev–Trinajstić information content (AvgIpc) is 2.09. The molecule has 1 saturated heterocycles.